The minimum atomic E-state index is -0.294. The first-order valence-electron chi connectivity index (χ1n) is 8.89. The Balaban J connectivity index is 1.47. The SMILES string of the molecule is O=C(CSc1nnc(-c2cccs2)n1-c1ccccc1)NCc1ccc(F)cc1. The highest BCUT2D eigenvalue weighted by Gasteiger charge is 2.17. The summed E-state index contributed by atoms with van der Waals surface area (Å²) < 4.78 is 14.9. The Morgan fingerprint density at radius 2 is 1.83 bits per heavy atom. The van der Waals surface area contributed by atoms with Crippen LogP contribution in [0.2, 0.25) is 0 Å². The smallest absolute Gasteiger partial charge is 0.230 e. The van der Waals surface area contributed by atoms with Crippen molar-refractivity contribution < 1.29 is 9.18 Å². The van der Waals surface area contributed by atoms with Crippen molar-refractivity contribution in [3.05, 3.63) is 83.5 Å². The predicted octanol–water partition coefficient (Wildman–Crippen LogP) is 4.54. The molecule has 8 heteroatoms. The highest BCUT2D eigenvalue weighted by molar-refractivity contribution is 7.99. The van der Waals surface area contributed by atoms with E-state index in [1.807, 2.05) is 52.4 Å². The van der Waals surface area contributed by atoms with Gasteiger partial charge in [-0.1, -0.05) is 48.2 Å². The molecule has 0 unspecified atom stereocenters. The van der Waals surface area contributed by atoms with Crippen molar-refractivity contribution in [1.82, 2.24) is 20.1 Å². The van der Waals surface area contributed by atoms with E-state index in [1.54, 1.807) is 23.5 Å². The fraction of sp³-hybridized carbons (Fsp3) is 0.0952. The number of thiophene rings is 1. The summed E-state index contributed by atoms with van der Waals surface area (Å²) >= 11 is 2.92. The van der Waals surface area contributed by atoms with Gasteiger partial charge in [-0.2, -0.15) is 0 Å². The summed E-state index contributed by atoms with van der Waals surface area (Å²) in [7, 11) is 0. The Kier molecular flexibility index (Phi) is 6.02. The fourth-order valence-corrected chi connectivity index (χ4v) is 4.20. The molecule has 0 atom stereocenters. The highest BCUT2D eigenvalue weighted by atomic mass is 32.2. The maximum absolute atomic E-state index is 13.0. The Bertz CT molecular complexity index is 1080. The Labute approximate surface area is 175 Å². The number of para-hydroxylation sites is 1. The van der Waals surface area contributed by atoms with Crippen LogP contribution in [0.4, 0.5) is 4.39 Å². The number of carbonyl (C=O) groups is 1. The normalized spacial score (nSPS) is 10.8. The standard InChI is InChI=1S/C21H17FN4OS2/c22-16-10-8-15(9-11-16)13-23-19(27)14-29-21-25-24-20(18-7-4-12-28-18)26(21)17-5-2-1-3-6-17/h1-12H,13-14H2,(H,23,27). The number of nitrogens with one attached hydrogen (secondary N) is 1. The second-order valence-electron chi connectivity index (χ2n) is 6.15. The third-order valence-electron chi connectivity index (χ3n) is 4.12. The van der Waals surface area contributed by atoms with Crippen LogP contribution in [0, 0.1) is 5.82 Å². The fourth-order valence-electron chi connectivity index (χ4n) is 2.72. The number of hydrogen-bond acceptors (Lipinski definition) is 5. The lowest BCUT2D eigenvalue weighted by Gasteiger charge is -2.09. The van der Waals surface area contributed by atoms with Gasteiger partial charge in [-0.05, 0) is 41.3 Å². The maximum atomic E-state index is 13.0. The van der Waals surface area contributed by atoms with Crippen LogP contribution in [-0.2, 0) is 11.3 Å². The van der Waals surface area contributed by atoms with Gasteiger partial charge in [0.1, 0.15) is 5.82 Å². The van der Waals surface area contributed by atoms with Gasteiger partial charge in [0.25, 0.3) is 0 Å². The van der Waals surface area contributed by atoms with Gasteiger partial charge in [-0.25, -0.2) is 4.39 Å². The molecule has 0 radical (unpaired) electrons. The molecule has 0 spiro atoms. The second-order valence-corrected chi connectivity index (χ2v) is 8.04. The number of aromatic nitrogens is 3. The van der Waals surface area contributed by atoms with Crippen molar-refractivity contribution in [2.45, 2.75) is 11.7 Å². The number of rotatable bonds is 7. The summed E-state index contributed by atoms with van der Waals surface area (Å²) in [6.45, 7) is 0.353. The van der Waals surface area contributed by atoms with Crippen molar-refractivity contribution in [1.29, 1.82) is 0 Å². The van der Waals surface area contributed by atoms with Gasteiger partial charge in [-0.15, -0.1) is 21.5 Å². The Morgan fingerprint density at radius 1 is 1.03 bits per heavy atom. The number of benzene rings is 2. The number of thioether (sulfide) groups is 1. The number of halogens is 1. The van der Waals surface area contributed by atoms with E-state index in [4.69, 9.17) is 0 Å². The Hall–Kier alpha value is -2.97. The van der Waals surface area contributed by atoms with E-state index < -0.39 is 0 Å². The summed E-state index contributed by atoms with van der Waals surface area (Å²) in [6, 6.07) is 19.9. The van der Waals surface area contributed by atoms with Crippen molar-refractivity contribution in [2.75, 3.05) is 5.75 Å². The van der Waals surface area contributed by atoms with Crippen molar-refractivity contribution in [3.63, 3.8) is 0 Å². The maximum Gasteiger partial charge on any atom is 0.230 e. The monoisotopic (exact) mass is 424 g/mol. The van der Waals surface area contributed by atoms with E-state index >= 15 is 0 Å². The summed E-state index contributed by atoms with van der Waals surface area (Å²) in [5, 5.41) is 14.1. The average Bonchev–Trinajstić information content (AvgIpc) is 3.42. The van der Waals surface area contributed by atoms with Gasteiger partial charge < -0.3 is 5.32 Å². The quantitative estimate of drug-likeness (QED) is 0.443. The zero-order valence-corrected chi connectivity index (χ0v) is 16.9. The van der Waals surface area contributed by atoms with Gasteiger partial charge in [0.05, 0.1) is 10.6 Å². The third kappa shape index (κ3) is 4.72. The minimum Gasteiger partial charge on any atom is -0.351 e. The number of amides is 1. The molecule has 5 nitrogen and oxygen atoms in total. The molecule has 0 saturated carbocycles. The third-order valence-corrected chi connectivity index (χ3v) is 5.92. The van der Waals surface area contributed by atoms with Crippen LogP contribution in [0.1, 0.15) is 5.56 Å². The summed E-state index contributed by atoms with van der Waals surface area (Å²) in [6.07, 6.45) is 0. The molecule has 29 heavy (non-hydrogen) atoms. The number of carbonyl (C=O) groups excluding carboxylic acids is 1. The molecule has 1 N–H and O–H groups in total. The molecule has 1 amide bonds. The number of nitrogens with zero attached hydrogens (tertiary/aromatic N) is 3. The van der Waals surface area contributed by atoms with Crippen LogP contribution in [0.25, 0.3) is 16.4 Å². The van der Waals surface area contributed by atoms with E-state index in [9.17, 15) is 9.18 Å². The molecule has 0 fully saturated rings. The van der Waals surface area contributed by atoms with E-state index in [0.717, 1.165) is 22.0 Å². The molecule has 2 heterocycles. The molecule has 2 aromatic carbocycles. The second kappa shape index (κ2) is 9.02. The molecule has 2 aromatic heterocycles. The van der Waals surface area contributed by atoms with Gasteiger partial charge >= 0.3 is 0 Å². The number of hydrogen-bond donors (Lipinski definition) is 1. The van der Waals surface area contributed by atoms with Crippen molar-refractivity contribution in [2.24, 2.45) is 0 Å². The summed E-state index contributed by atoms with van der Waals surface area (Å²) in [5.74, 6) is 0.536. The molecule has 0 bridgehead atoms. The van der Waals surface area contributed by atoms with Gasteiger partial charge in [-0.3, -0.25) is 9.36 Å². The molecular weight excluding hydrogens is 407 g/mol. The average molecular weight is 425 g/mol. The molecule has 4 aromatic rings. The van der Waals surface area contributed by atoms with Crippen molar-refractivity contribution >= 4 is 29.0 Å². The lowest BCUT2D eigenvalue weighted by molar-refractivity contribution is -0.118. The van der Waals surface area contributed by atoms with Crippen molar-refractivity contribution in [3.8, 4) is 16.4 Å². The highest BCUT2D eigenvalue weighted by Crippen LogP contribution is 2.30. The summed E-state index contributed by atoms with van der Waals surface area (Å²) in [4.78, 5) is 13.3. The van der Waals surface area contributed by atoms with Crippen LogP contribution in [0.3, 0.4) is 0 Å². The van der Waals surface area contributed by atoms with E-state index in [0.29, 0.717) is 11.7 Å². The van der Waals surface area contributed by atoms with Gasteiger partial charge in [0, 0.05) is 12.2 Å². The van der Waals surface area contributed by atoms with Crippen LogP contribution in [0.15, 0.2) is 77.3 Å². The lowest BCUT2D eigenvalue weighted by Crippen LogP contribution is -2.24. The van der Waals surface area contributed by atoms with Gasteiger partial charge in [0.15, 0.2) is 11.0 Å². The van der Waals surface area contributed by atoms with E-state index in [-0.39, 0.29) is 17.5 Å². The van der Waals surface area contributed by atoms with E-state index in [1.165, 1.54) is 23.9 Å². The Morgan fingerprint density at radius 3 is 2.55 bits per heavy atom. The lowest BCUT2D eigenvalue weighted by atomic mass is 10.2. The molecule has 0 aliphatic rings. The van der Waals surface area contributed by atoms with Crippen LogP contribution in [0.5, 0.6) is 0 Å². The largest absolute Gasteiger partial charge is 0.351 e. The first-order chi connectivity index (χ1) is 14.2. The van der Waals surface area contributed by atoms with Crippen LogP contribution in [-0.4, -0.2) is 26.4 Å². The first kappa shape index (κ1) is 19.4. The summed E-state index contributed by atoms with van der Waals surface area (Å²) in [5.41, 5.74) is 1.78. The van der Waals surface area contributed by atoms with Gasteiger partial charge in [0.2, 0.25) is 5.91 Å². The molecule has 4 rings (SSSR count). The van der Waals surface area contributed by atoms with Crippen LogP contribution >= 0.6 is 23.1 Å². The molecule has 146 valence electrons. The first-order valence-corrected chi connectivity index (χ1v) is 10.8. The predicted molar refractivity (Wildman–Crippen MR) is 114 cm³/mol. The molecule has 0 aliphatic heterocycles. The minimum absolute atomic E-state index is 0.125. The molecule has 0 saturated heterocycles. The van der Waals surface area contributed by atoms with E-state index in [2.05, 4.69) is 15.5 Å². The zero-order valence-electron chi connectivity index (χ0n) is 15.3. The zero-order chi connectivity index (χ0) is 20.1. The van der Waals surface area contributed by atoms with Crippen LogP contribution < -0.4 is 5.32 Å². The molecular formula is C21H17FN4OS2. The topological polar surface area (TPSA) is 59.8 Å². The molecule has 0 aliphatic carbocycles.